The van der Waals surface area contributed by atoms with Crippen LogP contribution in [0.25, 0.3) is 0 Å². The van der Waals surface area contributed by atoms with Gasteiger partial charge in [-0.2, -0.15) is 0 Å². The quantitative estimate of drug-likeness (QED) is 0.265. The number of amides is 1. The predicted octanol–water partition coefficient (Wildman–Crippen LogP) is 1.68. The summed E-state index contributed by atoms with van der Waals surface area (Å²) in [5, 5.41) is 2.68. The average Bonchev–Trinajstić information content (AvgIpc) is 2.78. The molecule has 0 aliphatic heterocycles. The summed E-state index contributed by atoms with van der Waals surface area (Å²) in [6, 6.07) is 10.6. The van der Waals surface area contributed by atoms with Crippen LogP contribution in [0.1, 0.15) is 35.8 Å². The van der Waals surface area contributed by atoms with E-state index in [1.54, 1.807) is 7.11 Å². The molecule has 0 aliphatic carbocycles. The van der Waals surface area contributed by atoms with E-state index in [1.807, 2.05) is 30.3 Å². The lowest BCUT2D eigenvalue weighted by Gasteiger charge is -2.17. The Hall–Kier alpha value is -2.88. The molecule has 1 unspecified atom stereocenters. The van der Waals surface area contributed by atoms with E-state index < -0.39 is 17.6 Å². The number of carbonyl (C=O) groups excluding carboxylic acids is 1. The number of hydrogen-bond donors (Lipinski definition) is 2. The zero-order chi connectivity index (χ0) is 22.5. The Morgan fingerprint density at radius 2 is 1.97 bits per heavy atom. The summed E-state index contributed by atoms with van der Waals surface area (Å²) in [5.74, 6) is 5.24. The first kappa shape index (κ1) is 24.4. The van der Waals surface area contributed by atoms with E-state index in [-0.39, 0.29) is 37.8 Å². The number of carbonyl (C=O) groups is 1. The van der Waals surface area contributed by atoms with Crippen molar-refractivity contribution in [1.29, 1.82) is 0 Å². The highest BCUT2D eigenvalue weighted by atomic mass is 16.7. The van der Waals surface area contributed by atoms with Crippen LogP contribution in [-0.2, 0) is 20.8 Å². The molecule has 170 valence electrons. The normalized spacial score (nSPS) is 11.8. The van der Waals surface area contributed by atoms with E-state index in [4.69, 9.17) is 24.8 Å². The molecule has 0 aliphatic rings. The van der Waals surface area contributed by atoms with Crippen molar-refractivity contribution in [2.45, 2.75) is 32.7 Å². The number of methoxy groups -OCH3 is 1. The number of pyridine rings is 1. The molecule has 0 saturated heterocycles. The molecule has 2 aromatic rings. The second kappa shape index (κ2) is 13.4. The molecule has 0 fully saturated rings. The van der Waals surface area contributed by atoms with E-state index in [9.17, 15) is 9.59 Å². The maximum atomic E-state index is 12.6. The first-order valence-electron chi connectivity index (χ1n) is 10.2. The molecule has 0 saturated carbocycles. The maximum Gasteiger partial charge on any atom is 0.273 e. The van der Waals surface area contributed by atoms with Gasteiger partial charge in [0.25, 0.3) is 5.91 Å². The summed E-state index contributed by atoms with van der Waals surface area (Å²) in [6.07, 6.45) is 2.85. The fraction of sp³-hybridized carbons (Fsp3) is 0.455. The smallest absolute Gasteiger partial charge is 0.273 e. The van der Waals surface area contributed by atoms with Crippen LogP contribution in [0.15, 0.2) is 47.4 Å². The van der Waals surface area contributed by atoms with Crippen molar-refractivity contribution >= 4 is 5.91 Å². The van der Waals surface area contributed by atoms with E-state index in [2.05, 4.69) is 12.2 Å². The predicted molar refractivity (Wildman–Crippen MR) is 116 cm³/mol. The summed E-state index contributed by atoms with van der Waals surface area (Å²) in [7, 11) is 1.55. The Kier molecular flexibility index (Phi) is 10.6. The molecular weight excluding hydrogens is 402 g/mol. The van der Waals surface area contributed by atoms with Gasteiger partial charge in [-0.25, -0.2) is 0 Å². The Balaban J connectivity index is 1.88. The number of benzene rings is 1. The molecule has 0 spiro atoms. The number of aromatic nitrogens is 1. The summed E-state index contributed by atoms with van der Waals surface area (Å²) < 4.78 is 22.9. The highest BCUT2D eigenvalue weighted by Crippen LogP contribution is 2.14. The molecule has 0 bridgehead atoms. The molecule has 1 aromatic carbocycles. The number of unbranched alkanes of at least 4 members (excludes halogenated alkanes) is 1. The summed E-state index contributed by atoms with van der Waals surface area (Å²) in [4.78, 5) is 24.9. The van der Waals surface area contributed by atoms with Gasteiger partial charge in [0.2, 0.25) is 5.43 Å². The first-order valence-corrected chi connectivity index (χ1v) is 10.2. The van der Waals surface area contributed by atoms with E-state index in [0.29, 0.717) is 6.61 Å². The van der Waals surface area contributed by atoms with Gasteiger partial charge in [-0.3, -0.25) is 14.3 Å². The minimum absolute atomic E-state index is 0.0545. The number of nitrogens with two attached hydrogens (primary N) is 1. The largest absolute Gasteiger partial charge is 0.482 e. The number of rotatable bonds is 14. The number of nitrogen functional groups attached to an aromatic ring is 1. The third kappa shape index (κ3) is 8.05. The number of nitrogens with one attached hydrogen (secondary N) is 1. The standard InChI is InChI=1S/C22H31N3O6/c1-3-4-13-30-19(28-2)16-29-14-11-24-22(27)20-21(18(26)10-12-25(20)23)31-15-17-8-6-5-7-9-17/h5-10,12,19H,3-4,11,13-16,23H2,1-2H3,(H,24,27). The van der Waals surface area contributed by atoms with Crippen molar-refractivity contribution in [2.75, 3.05) is 39.3 Å². The van der Waals surface area contributed by atoms with Crippen molar-refractivity contribution in [3.63, 3.8) is 0 Å². The third-order valence-electron chi connectivity index (χ3n) is 4.38. The van der Waals surface area contributed by atoms with Crippen LogP contribution < -0.4 is 21.3 Å². The number of ether oxygens (including phenoxy) is 4. The van der Waals surface area contributed by atoms with E-state index >= 15 is 0 Å². The zero-order valence-electron chi connectivity index (χ0n) is 18.0. The van der Waals surface area contributed by atoms with Crippen LogP contribution in [0.5, 0.6) is 5.75 Å². The second-order valence-corrected chi connectivity index (χ2v) is 6.76. The number of nitrogens with zero attached hydrogens (tertiary/aromatic N) is 1. The molecular formula is C22H31N3O6. The van der Waals surface area contributed by atoms with Crippen molar-refractivity contribution in [2.24, 2.45) is 0 Å². The van der Waals surface area contributed by atoms with Gasteiger partial charge in [-0.05, 0) is 12.0 Å². The Labute approximate surface area is 182 Å². The Morgan fingerprint density at radius 1 is 1.19 bits per heavy atom. The molecule has 2 rings (SSSR count). The SMILES string of the molecule is CCCCOC(COCCNC(=O)c1c(OCc2ccccc2)c(=O)ccn1N)OC. The molecule has 1 heterocycles. The lowest BCUT2D eigenvalue weighted by molar-refractivity contribution is -0.157. The molecule has 9 nitrogen and oxygen atoms in total. The summed E-state index contributed by atoms with van der Waals surface area (Å²) >= 11 is 0. The number of hydrogen-bond acceptors (Lipinski definition) is 7. The Morgan fingerprint density at radius 3 is 2.68 bits per heavy atom. The lowest BCUT2D eigenvalue weighted by atomic mass is 10.2. The van der Waals surface area contributed by atoms with Gasteiger partial charge in [-0.1, -0.05) is 43.7 Å². The topological polar surface area (TPSA) is 114 Å². The van der Waals surface area contributed by atoms with Crippen LogP contribution in [-0.4, -0.2) is 50.3 Å². The maximum absolute atomic E-state index is 12.6. The monoisotopic (exact) mass is 433 g/mol. The van der Waals surface area contributed by atoms with Crippen LogP contribution in [0.3, 0.4) is 0 Å². The zero-order valence-corrected chi connectivity index (χ0v) is 18.0. The molecule has 1 amide bonds. The molecule has 1 aromatic heterocycles. The third-order valence-corrected chi connectivity index (χ3v) is 4.38. The molecule has 1 atom stereocenters. The highest BCUT2D eigenvalue weighted by molar-refractivity contribution is 5.95. The minimum atomic E-state index is -0.533. The van der Waals surface area contributed by atoms with Gasteiger partial charge in [0.05, 0.1) is 13.2 Å². The van der Waals surface area contributed by atoms with Gasteiger partial charge in [0, 0.05) is 32.5 Å². The Bertz CT molecular complexity index is 856. The molecule has 0 radical (unpaired) electrons. The highest BCUT2D eigenvalue weighted by Gasteiger charge is 2.19. The van der Waals surface area contributed by atoms with Crippen molar-refractivity contribution in [1.82, 2.24) is 9.99 Å². The second-order valence-electron chi connectivity index (χ2n) is 6.76. The van der Waals surface area contributed by atoms with E-state index in [0.717, 1.165) is 23.1 Å². The molecule has 9 heteroatoms. The summed E-state index contributed by atoms with van der Waals surface area (Å²) in [6.45, 7) is 3.52. The van der Waals surface area contributed by atoms with Crippen LogP contribution >= 0.6 is 0 Å². The van der Waals surface area contributed by atoms with Crippen LogP contribution in [0.2, 0.25) is 0 Å². The van der Waals surface area contributed by atoms with Crippen molar-refractivity contribution in [3.8, 4) is 5.75 Å². The van der Waals surface area contributed by atoms with Gasteiger partial charge >= 0.3 is 0 Å². The van der Waals surface area contributed by atoms with Crippen molar-refractivity contribution in [3.05, 3.63) is 64.1 Å². The van der Waals surface area contributed by atoms with Crippen LogP contribution in [0, 0.1) is 0 Å². The lowest BCUT2D eigenvalue weighted by Crippen LogP contribution is -2.34. The van der Waals surface area contributed by atoms with Gasteiger partial charge in [-0.15, -0.1) is 0 Å². The minimum Gasteiger partial charge on any atom is -0.482 e. The van der Waals surface area contributed by atoms with Crippen molar-refractivity contribution < 1.29 is 23.7 Å². The van der Waals surface area contributed by atoms with Gasteiger partial charge in [0.15, 0.2) is 17.7 Å². The van der Waals surface area contributed by atoms with Gasteiger partial charge in [0.1, 0.15) is 6.61 Å². The van der Waals surface area contributed by atoms with Crippen LogP contribution in [0.4, 0.5) is 0 Å². The van der Waals surface area contributed by atoms with Gasteiger partial charge < -0.3 is 30.1 Å². The summed E-state index contributed by atoms with van der Waals surface area (Å²) in [5.41, 5.74) is 0.384. The molecule has 31 heavy (non-hydrogen) atoms. The molecule has 3 N–H and O–H groups in total. The van der Waals surface area contributed by atoms with E-state index in [1.165, 1.54) is 12.3 Å². The fourth-order valence-electron chi connectivity index (χ4n) is 2.67. The average molecular weight is 434 g/mol. The first-order chi connectivity index (χ1) is 15.1. The fourth-order valence-corrected chi connectivity index (χ4v) is 2.67.